The van der Waals surface area contributed by atoms with Crippen LogP contribution in [0.4, 0.5) is 0 Å². The van der Waals surface area contributed by atoms with Crippen LogP contribution in [0.5, 0.6) is 0 Å². The molecule has 1 atom stereocenters. The molecule has 2 rings (SSSR count). The van der Waals surface area contributed by atoms with E-state index in [4.69, 9.17) is 14.5 Å². The lowest BCUT2D eigenvalue weighted by Gasteiger charge is -2.27. The molecule has 0 radical (unpaired) electrons. The average Bonchev–Trinajstić information content (AvgIpc) is 3.32. The number of nitrogens with zero attached hydrogens (tertiary/aromatic N) is 1. The first-order valence-electron chi connectivity index (χ1n) is 9.94. The summed E-state index contributed by atoms with van der Waals surface area (Å²) < 4.78 is 10.8. The molecule has 154 valence electrons. The largest absolute Gasteiger partial charge is 0.389 e. The summed E-state index contributed by atoms with van der Waals surface area (Å²) in [5.41, 5.74) is 0.282. The van der Waals surface area contributed by atoms with E-state index in [1.807, 2.05) is 0 Å². The highest BCUT2D eigenvalue weighted by Crippen LogP contribution is 2.41. The van der Waals surface area contributed by atoms with Crippen molar-refractivity contribution in [3.63, 3.8) is 0 Å². The molecule has 2 saturated carbocycles. The number of aliphatic hydroxyl groups excluding tert-OH is 1. The fourth-order valence-electron chi connectivity index (χ4n) is 3.45. The van der Waals surface area contributed by atoms with Gasteiger partial charge < -0.3 is 25.2 Å². The molecule has 2 aliphatic carbocycles. The number of hydrogen-bond donors (Lipinski definition) is 3. The number of halogens is 1. The van der Waals surface area contributed by atoms with Gasteiger partial charge in [-0.2, -0.15) is 0 Å². The van der Waals surface area contributed by atoms with E-state index in [1.165, 1.54) is 38.5 Å². The molecule has 2 aliphatic rings. The van der Waals surface area contributed by atoms with Crippen molar-refractivity contribution in [3.05, 3.63) is 0 Å². The quantitative estimate of drug-likeness (QED) is 0.226. The molecule has 0 aromatic heterocycles. The van der Waals surface area contributed by atoms with E-state index in [0.29, 0.717) is 13.2 Å². The van der Waals surface area contributed by atoms with E-state index in [2.05, 4.69) is 17.6 Å². The fraction of sp³-hybridized carbons (Fsp3) is 0.947. The molecule has 2 fully saturated rings. The minimum atomic E-state index is -0.503. The maximum Gasteiger partial charge on any atom is 0.191 e. The van der Waals surface area contributed by atoms with Gasteiger partial charge in [0.15, 0.2) is 5.96 Å². The fourth-order valence-corrected chi connectivity index (χ4v) is 3.45. The maximum atomic E-state index is 10.1. The van der Waals surface area contributed by atoms with Crippen LogP contribution in [0.3, 0.4) is 0 Å². The van der Waals surface area contributed by atoms with E-state index < -0.39 is 6.10 Å². The van der Waals surface area contributed by atoms with Gasteiger partial charge in [0.25, 0.3) is 0 Å². The SMILES string of the molecule is CCNC(=NCC1(CCOC)CCCC1)NCC(O)COCC1CC1.I. The number of rotatable bonds is 12. The molecule has 0 bridgehead atoms. The summed E-state index contributed by atoms with van der Waals surface area (Å²) >= 11 is 0. The zero-order chi connectivity index (χ0) is 18.0. The Labute approximate surface area is 175 Å². The zero-order valence-electron chi connectivity index (χ0n) is 16.5. The van der Waals surface area contributed by atoms with Crippen LogP contribution in [0.2, 0.25) is 0 Å². The van der Waals surface area contributed by atoms with Crippen molar-refractivity contribution < 1.29 is 14.6 Å². The van der Waals surface area contributed by atoms with Gasteiger partial charge in [0.05, 0.1) is 12.7 Å². The van der Waals surface area contributed by atoms with Gasteiger partial charge in [-0.15, -0.1) is 24.0 Å². The Morgan fingerprint density at radius 2 is 2.00 bits per heavy atom. The van der Waals surface area contributed by atoms with Crippen LogP contribution in [-0.2, 0) is 9.47 Å². The second-order valence-electron chi connectivity index (χ2n) is 7.66. The van der Waals surface area contributed by atoms with Crippen molar-refractivity contribution in [2.24, 2.45) is 16.3 Å². The van der Waals surface area contributed by atoms with E-state index in [-0.39, 0.29) is 29.4 Å². The first kappa shape index (κ1) is 23.9. The number of aliphatic imine (C=N–C) groups is 1. The molecule has 0 aromatic rings. The van der Waals surface area contributed by atoms with Crippen molar-refractivity contribution in [2.45, 2.75) is 58.0 Å². The molecule has 6 nitrogen and oxygen atoms in total. The number of ether oxygens (including phenoxy) is 2. The topological polar surface area (TPSA) is 75.1 Å². The molecule has 0 aromatic carbocycles. The van der Waals surface area contributed by atoms with Crippen LogP contribution in [-0.4, -0.2) is 63.7 Å². The van der Waals surface area contributed by atoms with E-state index in [9.17, 15) is 5.11 Å². The molecule has 0 spiro atoms. The number of hydrogen-bond acceptors (Lipinski definition) is 4. The second-order valence-corrected chi connectivity index (χ2v) is 7.66. The molecule has 26 heavy (non-hydrogen) atoms. The van der Waals surface area contributed by atoms with Crippen LogP contribution in [0.25, 0.3) is 0 Å². The van der Waals surface area contributed by atoms with Crippen molar-refractivity contribution >= 4 is 29.9 Å². The second kappa shape index (κ2) is 13.1. The lowest BCUT2D eigenvalue weighted by molar-refractivity contribution is 0.0345. The van der Waals surface area contributed by atoms with Gasteiger partial charge >= 0.3 is 0 Å². The summed E-state index contributed by atoms with van der Waals surface area (Å²) in [5, 5.41) is 16.6. The monoisotopic (exact) mass is 483 g/mol. The van der Waals surface area contributed by atoms with Gasteiger partial charge in [-0.25, -0.2) is 0 Å². The standard InChI is InChI=1S/C19H37N3O3.HI/c1-3-20-18(21-12-17(23)14-25-13-16-6-7-16)22-15-19(10-11-24-2)8-4-5-9-19;/h16-17,23H,3-15H2,1-2H3,(H2,20,21,22);1H. The highest BCUT2D eigenvalue weighted by molar-refractivity contribution is 14.0. The van der Waals surface area contributed by atoms with Gasteiger partial charge in [-0.3, -0.25) is 4.99 Å². The number of nitrogens with one attached hydrogen (secondary N) is 2. The third-order valence-electron chi connectivity index (χ3n) is 5.28. The van der Waals surface area contributed by atoms with Crippen LogP contribution < -0.4 is 10.6 Å². The Morgan fingerprint density at radius 3 is 2.62 bits per heavy atom. The Balaban J connectivity index is 0.00000338. The smallest absolute Gasteiger partial charge is 0.191 e. The molecular weight excluding hydrogens is 445 g/mol. The van der Waals surface area contributed by atoms with Crippen molar-refractivity contribution in [1.29, 1.82) is 0 Å². The number of methoxy groups -OCH3 is 1. The summed E-state index contributed by atoms with van der Waals surface area (Å²) in [6, 6.07) is 0. The Morgan fingerprint density at radius 1 is 1.27 bits per heavy atom. The molecule has 0 saturated heterocycles. The number of guanidine groups is 1. The molecule has 3 N–H and O–H groups in total. The molecule has 1 unspecified atom stereocenters. The molecule has 0 amide bonds. The maximum absolute atomic E-state index is 10.1. The summed E-state index contributed by atoms with van der Waals surface area (Å²) in [7, 11) is 1.77. The van der Waals surface area contributed by atoms with Crippen molar-refractivity contribution in [3.8, 4) is 0 Å². The first-order valence-corrected chi connectivity index (χ1v) is 9.94. The highest BCUT2D eigenvalue weighted by atomic mass is 127. The normalized spacial score (nSPS) is 20.5. The Kier molecular flexibility index (Phi) is 12.1. The summed E-state index contributed by atoms with van der Waals surface area (Å²) in [6.07, 6.45) is 8.17. The predicted molar refractivity (Wildman–Crippen MR) is 116 cm³/mol. The van der Waals surface area contributed by atoms with Gasteiger partial charge in [-0.05, 0) is 50.4 Å². The van der Waals surface area contributed by atoms with Gasteiger partial charge in [0.1, 0.15) is 0 Å². The van der Waals surface area contributed by atoms with Gasteiger partial charge in [-0.1, -0.05) is 12.8 Å². The first-order chi connectivity index (χ1) is 12.2. The Hall–Kier alpha value is -0.120. The predicted octanol–water partition coefficient (Wildman–Crippen LogP) is 2.54. The third kappa shape index (κ3) is 9.19. The third-order valence-corrected chi connectivity index (χ3v) is 5.28. The molecule has 0 aliphatic heterocycles. The zero-order valence-corrected chi connectivity index (χ0v) is 18.8. The summed E-state index contributed by atoms with van der Waals surface area (Å²) in [5.74, 6) is 1.51. The van der Waals surface area contributed by atoms with Gasteiger partial charge in [0.2, 0.25) is 0 Å². The van der Waals surface area contributed by atoms with Crippen LogP contribution in [0.1, 0.15) is 51.9 Å². The van der Waals surface area contributed by atoms with Crippen molar-refractivity contribution in [2.75, 3.05) is 46.6 Å². The van der Waals surface area contributed by atoms with E-state index in [0.717, 1.165) is 44.6 Å². The van der Waals surface area contributed by atoms with Crippen LogP contribution in [0, 0.1) is 11.3 Å². The average molecular weight is 483 g/mol. The Bertz CT molecular complexity index is 399. The summed E-state index contributed by atoms with van der Waals surface area (Å²) in [4.78, 5) is 4.80. The minimum absolute atomic E-state index is 0. The van der Waals surface area contributed by atoms with E-state index >= 15 is 0 Å². The number of aliphatic hydroxyl groups is 1. The van der Waals surface area contributed by atoms with Crippen LogP contribution >= 0.6 is 24.0 Å². The molecule has 0 heterocycles. The summed E-state index contributed by atoms with van der Waals surface area (Å²) in [6.45, 7) is 6.12. The highest BCUT2D eigenvalue weighted by Gasteiger charge is 2.33. The lowest BCUT2D eigenvalue weighted by atomic mass is 9.83. The minimum Gasteiger partial charge on any atom is -0.389 e. The van der Waals surface area contributed by atoms with E-state index in [1.54, 1.807) is 7.11 Å². The molecular formula is C19H38IN3O3. The van der Waals surface area contributed by atoms with Crippen molar-refractivity contribution in [1.82, 2.24) is 10.6 Å². The lowest BCUT2D eigenvalue weighted by Crippen LogP contribution is -2.43. The molecule has 7 heteroatoms. The van der Waals surface area contributed by atoms with Gasteiger partial charge in [0, 0.05) is 40.0 Å². The van der Waals surface area contributed by atoms with Crippen LogP contribution in [0.15, 0.2) is 4.99 Å².